The topological polar surface area (TPSA) is 56.1 Å². The third-order valence-corrected chi connectivity index (χ3v) is 3.86. The molecule has 1 amide bonds. The average molecular weight is 301 g/mol. The lowest BCUT2D eigenvalue weighted by molar-refractivity contribution is -0.124. The van der Waals surface area contributed by atoms with E-state index in [1.807, 2.05) is 25.1 Å². The predicted octanol–water partition coefficient (Wildman–Crippen LogP) is 2.76. The minimum Gasteiger partial charge on any atom is -0.497 e. The molecule has 118 valence electrons. The smallest absolute Gasteiger partial charge is 0.244 e. The number of hydrogen-bond donors (Lipinski definition) is 1. The molecule has 0 aliphatic heterocycles. The van der Waals surface area contributed by atoms with Crippen LogP contribution in [0, 0.1) is 0 Å². The molecule has 0 saturated carbocycles. The third kappa shape index (κ3) is 4.10. The van der Waals surface area contributed by atoms with Crippen molar-refractivity contribution >= 4 is 5.91 Å². The predicted molar refractivity (Wildman–Crippen MR) is 86.0 cm³/mol. The van der Waals surface area contributed by atoms with E-state index in [0.29, 0.717) is 12.5 Å². The van der Waals surface area contributed by atoms with Gasteiger partial charge in [0.15, 0.2) is 0 Å². The van der Waals surface area contributed by atoms with Crippen molar-refractivity contribution < 1.29 is 9.53 Å². The van der Waals surface area contributed by atoms with Gasteiger partial charge in [-0.2, -0.15) is 5.10 Å². The minimum atomic E-state index is -0.286. The van der Waals surface area contributed by atoms with Gasteiger partial charge >= 0.3 is 0 Å². The van der Waals surface area contributed by atoms with Crippen LogP contribution in [0.4, 0.5) is 0 Å². The maximum Gasteiger partial charge on any atom is 0.244 e. The monoisotopic (exact) mass is 301 g/mol. The molecular formula is C17H23N3O2. The van der Waals surface area contributed by atoms with Gasteiger partial charge in [-0.1, -0.05) is 19.1 Å². The van der Waals surface area contributed by atoms with Crippen molar-refractivity contribution in [1.82, 2.24) is 15.1 Å². The van der Waals surface area contributed by atoms with Crippen molar-refractivity contribution in [1.29, 1.82) is 0 Å². The Morgan fingerprint density at radius 1 is 1.32 bits per heavy atom. The number of aromatic nitrogens is 2. The van der Waals surface area contributed by atoms with Crippen LogP contribution in [0.1, 0.15) is 37.8 Å². The molecule has 1 heterocycles. The highest BCUT2D eigenvalue weighted by atomic mass is 16.5. The zero-order valence-corrected chi connectivity index (χ0v) is 13.3. The molecular weight excluding hydrogens is 278 g/mol. The fourth-order valence-corrected chi connectivity index (χ4v) is 2.29. The van der Waals surface area contributed by atoms with Crippen molar-refractivity contribution in [3.05, 3.63) is 48.3 Å². The van der Waals surface area contributed by atoms with Gasteiger partial charge in [0, 0.05) is 18.9 Å². The second kappa shape index (κ2) is 7.64. The number of nitrogens with zero attached hydrogens (tertiary/aromatic N) is 2. The molecule has 1 aromatic carbocycles. The largest absolute Gasteiger partial charge is 0.497 e. The molecule has 2 atom stereocenters. The number of carbonyl (C=O) groups is 1. The summed E-state index contributed by atoms with van der Waals surface area (Å²) in [6.07, 6.45) is 4.36. The van der Waals surface area contributed by atoms with Gasteiger partial charge in [0.25, 0.3) is 0 Å². The molecule has 0 aliphatic carbocycles. The lowest BCUT2D eigenvalue weighted by Gasteiger charge is -2.15. The van der Waals surface area contributed by atoms with Crippen molar-refractivity contribution in [3.63, 3.8) is 0 Å². The van der Waals surface area contributed by atoms with E-state index in [4.69, 9.17) is 4.74 Å². The molecule has 0 saturated heterocycles. The van der Waals surface area contributed by atoms with E-state index >= 15 is 0 Å². The Kier molecular flexibility index (Phi) is 5.58. The van der Waals surface area contributed by atoms with Crippen LogP contribution in [0.15, 0.2) is 42.7 Å². The molecule has 2 aromatic rings. The Labute approximate surface area is 131 Å². The average Bonchev–Trinajstić information content (AvgIpc) is 3.08. The Morgan fingerprint density at radius 3 is 2.64 bits per heavy atom. The Bertz CT molecular complexity index is 578. The van der Waals surface area contributed by atoms with Gasteiger partial charge in [-0.3, -0.25) is 9.48 Å². The molecule has 5 heteroatoms. The fourth-order valence-electron chi connectivity index (χ4n) is 2.29. The maximum atomic E-state index is 12.1. The zero-order chi connectivity index (χ0) is 15.9. The van der Waals surface area contributed by atoms with Gasteiger partial charge in [-0.05, 0) is 43.0 Å². The number of benzene rings is 1. The first-order valence-electron chi connectivity index (χ1n) is 7.52. The van der Waals surface area contributed by atoms with Crippen LogP contribution >= 0.6 is 0 Å². The molecule has 0 unspecified atom stereocenters. The van der Waals surface area contributed by atoms with Gasteiger partial charge in [-0.25, -0.2) is 0 Å². The third-order valence-electron chi connectivity index (χ3n) is 3.86. The number of amides is 1. The summed E-state index contributed by atoms with van der Waals surface area (Å²) in [4.78, 5) is 12.1. The molecule has 0 fully saturated rings. The quantitative estimate of drug-likeness (QED) is 0.855. The summed E-state index contributed by atoms with van der Waals surface area (Å²) in [5.74, 6) is 1.23. The molecule has 0 aliphatic rings. The molecule has 22 heavy (non-hydrogen) atoms. The molecule has 1 N–H and O–H groups in total. The number of carbonyl (C=O) groups excluding carboxylic acids is 1. The number of rotatable bonds is 7. The second-order valence-electron chi connectivity index (χ2n) is 5.42. The van der Waals surface area contributed by atoms with Crippen molar-refractivity contribution in [2.45, 2.75) is 32.2 Å². The zero-order valence-electron chi connectivity index (χ0n) is 13.3. The Morgan fingerprint density at radius 2 is 2.05 bits per heavy atom. The van der Waals surface area contributed by atoms with E-state index < -0.39 is 0 Å². The van der Waals surface area contributed by atoms with Crippen molar-refractivity contribution in [2.24, 2.45) is 0 Å². The highest BCUT2D eigenvalue weighted by molar-refractivity contribution is 5.79. The van der Waals surface area contributed by atoms with Gasteiger partial charge in [0.2, 0.25) is 5.91 Å². The van der Waals surface area contributed by atoms with Crippen molar-refractivity contribution in [2.75, 3.05) is 13.7 Å². The number of hydrogen-bond acceptors (Lipinski definition) is 3. The highest BCUT2D eigenvalue weighted by Gasteiger charge is 2.14. The normalized spacial score (nSPS) is 13.4. The van der Waals surface area contributed by atoms with Gasteiger partial charge in [-0.15, -0.1) is 0 Å². The van der Waals surface area contributed by atoms with E-state index in [9.17, 15) is 4.79 Å². The van der Waals surface area contributed by atoms with Crippen LogP contribution in [0.3, 0.4) is 0 Å². The summed E-state index contributed by atoms with van der Waals surface area (Å²) in [7, 11) is 1.66. The van der Waals surface area contributed by atoms with Crippen LogP contribution in [-0.2, 0) is 4.79 Å². The first-order chi connectivity index (χ1) is 10.6. The summed E-state index contributed by atoms with van der Waals surface area (Å²) in [6.45, 7) is 4.65. The van der Waals surface area contributed by atoms with E-state index in [1.54, 1.807) is 24.2 Å². The van der Waals surface area contributed by atoms with E-state index in [-0.39, 0.29) is 11.9 Å². The summed E-state index contributed by atoms with van der Waals surface area (Å²) in [5, 5.41) is 7.06. The molecule has 0 radical (unpaired) electrons. The molecule has 0 bridgehead atoms. The van der Waals surface area contributed by atoms with Crippen LogP contribution in [0.5, 0.6) is 5.75 Å². The molecule has 2 rings (SSSR count). The van der Waals surface area contributed by atoms with E-state index in [2.05, 4.69) is 29.5 Å². The number of ether oxygens (including phenoxy) is 1. The number of methoxy groups -OCH3 is 1. The van der Waals surface area contributed by atoms with Crippen LogP contribution in [0.25, 0.3) is 0 Å². The van der Waals surface area contributed by atoms with Gasteiger partial charge < -0.3 is 10.1 Å². The summed E-state index contributed by atoms with van der Waals surface area (Å²) >= 11 is 0. The molecule has 5 nitrogen and oxygen atoms in total. The van der Waals surface area contributed by atoms with Crippen LogP contribution in [-0.4, -0.2) is 29.3 Å². The first-order valence-corrected chi connectivity index (χ1v) is 7.52. The lowest BCUT2D eigenvalue weighted by Crippen LogP contribution is -2.32. The number of nitrogens with one attached hydrogen (secondary N) is 1. The van der Waals surface area contributed by atoms with Gasteiger partial charge in [0.1, 0.15) is 11.8 Å². The van der Waals surface area contributed by atoms with E-state index in [0.717, 1.165) is 12.2 Å². The van der Waals surface area contributed by atoms with Crippen molar-refractivity contribution in [3.8, 4) is 5.75 Å². The lowest BCUT2D eigenvalue weighted by atomic mass is 9.98. The fraction of sp³-hybridized carbons (Fsp3) is 0.412. The van der Waals surface area contributed by atoms with E-state index in [1.165, 1.54) is 5.56 Å². The summed E-state index contributed by atoms with van der Waals surface area (Å²) < 4.78 is 6.81. The Balaban J connectivity index is 1.78. The second-order valence-corrected chi connectivity index (χ2v) is 5.42. The maximum absolute atomic E-state index is 12.1. The Hall–Kier alpha value is -2.30. The van der Waals surface area contributed by atoms with Gasteiger partial charge in [0.05, 0.1) is 7.11 Å². The van der Waals surface area contributed by atoms with Crippen LogP contribution in [0.2, 0.25) is 0 Å². The first kappa shape index (κ1) is 16.1. The molecule has 1 aromatic heterocycles. The minimum absolute atomic E-state index is 0.00868. The SMILES string of the molecule is COc1ccc([C@@H](C)CCNC(=O)[C@H](C)n2cccn2)cc1. The standard InChI is InChI=1S/C17H23N3O2/c1-13(15-5-7-16(22-3)8-6-15)9-11-18-17(21)14(2)20-12-4-10-19-20/h4-8,10,12-14H,9,11H2,1-3H3,(H,18,21)/t13-,14-/m0/s1. The molecule has 0 spiro atoms. The summed E-state index contributed by atoms with van der Waals surface area (Å²) in [5.41, 5.74) is 1.25. The summed E-state index contributed by atoms with van der Waals surface area (Å²) in [6, 6.07) is 9.59. The highest BCUT2D eigenvalue weighted by Crippen LogP contribution is 2.21. The van der Waals surface area contributed by atoms with Crippen LogP contribution < -0.4 is 10.1 Å².